The van der Waals surface area contributed by atoms with Crippen LogP contribution in [0.3, 0.4) is 0 Å². The summed E-state index contributed by atoms with van der Waals surface area (Å²) in [6.45, 7) is 10.9. The standard InChI is InChI=1S/C16H26N4/c1-2-15-13-20(12-11-19-9-3-4-10-19)16(18-15)14-5-7-17-8-6-14/h2,13-14,17H,1,3-12H2. The number of rotatable bonds is 5. The van der Waals surface area contributed by atoms with Gasteiger partial charge < -0.3 is 14.8 Å². The van der Waals surface area contributed by atoms with Crippen molar-refractivity contribution in [2.24, 2.45) is 0 Å². The highest BCUT2D eigenvalue weighted by atomic mass is 15.2. The molecule has 4 heteroatoms. The summed E-state index contributed by atoms with van der Waals surface area (Å²) in [5.74, 6) is 1.89. The summed E-state index contributed by atoms with van der Waals surface area (Å²) in [7, 11) is 0. The molecule has 0 amide bonds. The van der Waals surface area contributed by atoms with E-state index in [2.05, 4.69) is 27.6 Å². The average Bonchev–Trinajstić information content (AvgIpc) is 3.15. The van der Waals surface area contributed by atoms with Crippen LogP contribution in [0.1, 0.15) is 43.1 Å². The van der Waals surface area contributed by atoms with Gasteiger partial charge in [-0.3, -0.25) is 0 Å². The fraction of sp³-hybridized carbons (Fsp3) is 0.688. The van der Waals surface area contributed by atoms with E-state index in [9.17, 15) is 0 Å². The van der Waals surface area contributed by atoms with Gasteiger partial charge in [-0.05, 0) is 57.9 Å². The Bertz CT molecular complexity index is 439. The Morgan fingerprint density at radius 1 is 1.25 bits per heavy atom. The number of likely N-dealkylation sites (tertiary alicyclic amines) is 1. The predicted octanol–water partition coefficient (Wildman–Crippen LogP) is 2.09. The number of nitrogens with zero attached hydrogens (tertiary/aromatic N) is 3. The molecule has 2 fully saturated rings. The second kappa shape index (κ2) is 6.55. The van der Waals surface area contributed by atoms with Gasteiger partial charge >= 0.3 is 0 Å². The monoisotopic (exact) mass is 274 g/mol. The lowest BCUT2D eigenvalue weighted by Crippen LogP contribution is -2.29. The molecular weight excluding hydrogens is 248 g/mol. The number of hydrogen-bond donors (Lipinski definition) is 1. The first kappa shape index (κ1) is 13.8. The second-order valence-corrected chi connectivity index (χ2v) is 5.99. The van der Waals surface area contributed by atoms with Crippen LogP contribution in [0.4, 0.5) is 0 Å². The van der Waals surface area contributed by atoms with E-state index in [4.69, 9.17) is 4.98 Å². The van der Waals surface area contributed by atoms with Crippen molar-refractivity contribution in [3.63, 3.8) is 0 Å². The van der Waals surface area contributed by atoms with Crippen molar-refractivity contribution in [1.29, 1.82) is 0 Å². The number of piperidine rings is 1. The summed E-state index contributed by atoms with van der Waals surface area (Å²) in [5, 5.41) is 3.44. The molecule has 4 nitrogen and oxygen atoms in total. The van der Waals surface area contributed by atoms with Crippen LogP contribution in [0.2, 0.25) is 0 Å². The van der Waals surface area contributed by atoms with Gasteiger partial charge in [-0.15, -0.1) is 0 Å². The highest BCUT2D eigenvalue weighted by Gasteiger charge is 2.21. The molecule has 1 aromatic rings. The van der Waals surface area contributed by atoms with Gasteiger partial charge in [0.1, 0.15) is 5.82 Å². The summed E-state index contributed by atoms with van der Waals surface area (Å²) < 4.78 is 2.38. The first-order chi connectivity index (χ1) is 9.86. The van der Waals surface area contributed by atoms with Gasteiger partial charge in [0.05, 0.1) is 5.69 Å². The van der Waals surface area contributed by atoms with Crippen molar-refractivity contribution in [2.75, 3.05) is 32.7 Å². The van der Waals surface area contributed by atoms with Crippen molar-refractivity contribution in [3.05, 3.63) is 24.3 Å². The lowest BCUT2D eigenvalue weighted by molar-refractivity contribution is 0.316. The summed E-state index contributed by atoms with van der Waals surface area (Å²) in [6.07, 6.45) is 9.19. The van der Waals surface area contributed by atoms with Crippen LogP contribution in [-0.4, -0.2) is 47.2 Å². The molecule has 0 spiro atoms. The third-order valence-corrected chi connectivity index (χ3v) is 4.60. The van der Waals surface area contributed by atoms with Gasteiger partial charge in [0, 0.05) is 25.2 Å². The molecule has 2 saturated heterocycles. The SMILES string of the molecule is C=Cc1cn(CCN2CCCC2)c(C2CCNCC2)n1. The Morgan fingerprint density at radius 2 is 2.00 bits per heavy atom. The number of aromatic nitrogens is 2. The summed E-state index contributed by atoms with van der Waals surface area (Å²) >= 11 is 0. The molecule has 2 aliphatic heterocycles. The minimum atomic E-state index is 0.614. The fourth-order valence-electron chi connectivity index (χ4n) is 3.39. The zero-order valence-electron chi connectivity index (χ0n) is 12.4. The number of imidazole rings is 1. The molecule has 110 valence electrons. The first-order valence-electron chi connectivity index (χ1n) is 7.99. The highest BCUT2D eigenvalue weighted by molar-refractivity contribution is 5.40. The molecule has 1 N–H and O–H groups in total. The largest absolute Gasteiger partial charge is 0.333 e. The molecule has 0 atom stereocenters. The Morgan fingerprint density at radius 3 is 2.70 bits per heavy atom. The lowest BCUT2D eigenvalue weighted by Gasteiger charge is -2.24. The average molecular weight is 274 g/mol. The van der Waals surface area contributed by atoms with Crippen LogP contribution < -0.4 is 5.32 Å². The van der Waals surface area contributed by atoms with Crippen molar-refractivity contribution >= 4 is 6.08 Å². The topological polar surface area (TPSA) is 33.1 Å². The Labute approximate surface area is 121 Å². The van der Waals surface area contributed by atoms with E-state index in [1.54, 1.807) is 0 Å². The maximum atomic E-state index is 4.80. The minimum absolute atomic E-state index is 0.614. The van der Waals surface area contributed by atoms with E-state index in [0.717, 1.165) is 31.9 Å². The molecule has 0 saturated carbocycles. The maximum absolute atomic E-state index is 4.80. The van der Waals surface area contributed by atoms with Crippen molar-refractivity contribution in [3.8, 4) is 0 Å². The third-order valence-electron chi connectivity index (χ3n) is 4.60. The zero-order valence-corrected chi connectivity index (χ0v) is 12.4. The Hall–Kier alpha value is -1.13. The van der Waals surface area contributed by atoms with E-state index in [1.165, 1.54) is 44.6 Å². The van der Waals surface area contributed by atoms with Gasteiger partial charge in [-0.2, -0.15) is 0 Å². The highest BCUT2D eigenvalue weighted by Crippen LogP contribution is 2.25. The van der Waals surface area contributed by atoms with E-state index in [1.807, 2.05) is 6.08 Å². The van der Waals surface area contributed by atoms with Gasteiger partial charge in [0.2, 0.25) is 0 Å². The van der Waals surface area contributed by atoms with E-state index in [0.29, 0.717) is 5.92 Å². The van der Waals surface area contributed by atoms with Crippen LogP contribution in [0.5, 0.6) is 0 Å². The number of hydrogen-bond acceptors (Lipinski definition) is 3. The fourth-order valence-corrected chi connectivity index (χ4v) is 3.39. The summed E-state index contributed by atoms with van der Waals surface area (Å²) in [6, 6.07) is 0. The van der Waals surface area contributed by atoms with Crippen LogP contribution in [0.15, 0.2) is 12.8 Å². The molecule has 3 heterocycles. The Kier molecular flexibility index (Phi) is 4.53. The number of nitrogens with one attached hydrogen (secondary N) is 1. The van der Waals surface area contributed by atoms with Crippen LogP contribution in [0.25, 0.3) is 6.08 Å². The second-order valence-electron chi connectivity index (χ2n) is 5.99. The van der Waals surface area contributed by atoms with Gasteiger partial charge in [-0.25, -0.2) is 4.98 Å². The van der Waals surface area contributed by atoms with E-state index >= 15 is 0 Å². The first-order valence-corrected chi connectivity index (χ1v) is 7.99. The quantitative estimate of drug-likeness (QED) is 0.892. The van der Waals surface area contributed by atoms with Crippen molar-refractivity contribution < 1.29 is 0 Å². The van der Waals surface area contributed by atoms with Crippen molar-refractivity contribution in [1.82, 2.24) is 19.8 Å². The molecule has 0 aromatic carbocycles. The Balaban J connectivity index is 1.70. The summed E-state index contributed by atoms with van der Waals surface area (Å²) in [5.41, 5.74) is 1.03. The zero-order chi connectivity index (χ0) is 13.8. The summed E-state index contributed by atoms with van der Waals surface area (Å²) in [4.78, 5) is 7.37. The minimum Gasteiger partial charge on any atom is -0.333 e. The molecule has 1 aromatic heterocycles. The molecular formula is C16H26N4. The van der Waals surface area contributed by atoms with Crippen molar-refractivity contribution in [2.45, 2.75) is 38.1 Å². The molecule has 3 rings (SSSR count). The molecule has 0 bridgehead atoms. The van der Waals surface area contributed by atoms with Gasteiger partial charge in [0.15, 0.2) is 0 Å². The molecule has 0 aliphatic carbocycles. The normalized spacial score (nSPS) is 21.4. The molecule has 0 radical (unpaired) electrons. The maximum Gasteiger partial charge on any atom is 0.112 e. The van der Waals surface area contributed by atoms with Gasteiger partial charge in [0.25, 0.3) is 0 Å². The third kappa shape index (κ3) is 3.13. The predicted molar refractivity (Wildman–Crippen MR) is 82.8 cm³/mol. The van der Waals surface area contributed by atoms with Crippen LogP contribution in [-0.2, 0) is 6.54 Å². The van der Waals surface area contributed by atoms with Gasteiger partial charge in [-0.1, -0.05) is 6.58 Å². The van der Waals surface area contributed by atoms with E-state index in [-0.39, 0.29) is 0 Å². The lowest BCUT2D eigenvalue weighted by atomic mass is 9.97. The molecule has 0 unspecified atom stereocenters. The molecule has 20 heavy (non-hydrogen) atoms. The van der Waals surface area contributed by atoms with Crippen LogP contribution in [0, 0.1) is 0 Å². The molecule has 2 aliphatic rings. The van der Waals surface area contributed by atoms with E-state index < -0.39 is 0 Å². The smallest absolute Gasteiger partial charge is 0.112 e. The van der Waals surface area contributed by atoms with Crippen LogP contribution >= 0.6 is 0 Å².